The van der Waals surface area contributed by atoms with Gasteiger partial charge in [0.05, 0.1) is 18.6 Å². The number of rotatable bonds is 7. The normalized spacial score (nSPS) is 42.1. The van der Waals surface area contributed by atoms with Gasteiger partial charge in [0.2, 0.25) is 0 Å². The molecule has 25 heavy (non-hydrogen) atoms. The van der Waals surface area contributed by atoms with Gasteiger partial charge in [0.25, 0.3) is 0 Å². The van der Waals surface area contributed by atoms with Crippen molar-refractivity contribution in [3.05, 3.63) is 11.6 Å². The fourth-order valence-corrected chi connectivity index (χ4v) is 4.50. The van der Waals surface area contributed by atoms with Crippen molar-refractivity contribution in [3.63, 3.8) is 0 Å². The van der Waals surface area contributed by atoms with Crippen molar-refractivity contribution < 1.29 is 23.7 Å². The molecule has 2 heterocycles. The standard InChI is InChI=1S/C20H32O5/c1-6-7-16(21)24-14-10-11-20(12-23-20)18(17(14)22-5)19(4)15(25-19)9-8-13(2)3/h8,14-15,17-18H,6-7,9-12H2,1-5H3/t14-,15-,17-,18-,19+,20+/m1/s1. The van der Waals surface area contributed by atoms with Crippen molar-refractivity contribution in [2.24, 2.45) is 5.92 Å². The SMILES string of the molecule is CCCC(=O)O[C@@H]1CC[C@]2(CO2)[C@@H]([C@@]2(C)O[C@@H]2CC=C(C)C)[C@@H]1OC. The largest absolute Gasteiger partial charge is 0.460 e. The minimum absolute atomic E-state index is 0.0914. The molecular formula is C20H32O5. The van der Waals surface area contributed by atoms with Gasteiger partial charge in [0.15, 0.2) is 0 Å². The number of allylic oxidation sites excluding steroid dienone is 1. The Bertz CT molecular complexity index is 534. The molecule has 142 valence electrons. The molecule has 1 saturated carbocycles. The first-order valence-corrected chi connectivity index (χ1v) is 9.53. The van der Waals surface area contributed by atoms with E-state index in [9.17, 15) is 4.79 Å². The van der Waals surface area contributed by atoms with E-state index in [0.29, 0.717) is 6.42 Å². The second kappa shape index (κ2) is 7.01. The second-order valence-electron chi connectivity index (χ2n) is 8.16. The van der Waals surface area contributed by atoms with Crippen LogP contribution in [0.2, 0.25) is 0 Å². The first kappa shape index (κ1) is 18.9. The van der Waals surface area contributed by atoms with Crippen molar-refractivity contribution in [2.45, 2.75) is 89.3 Å². The summed E-state index contributed by atoms with van der Waals surface area (Å²) in [5, 5.41) is 0. The van der Waals surface area contributed by atoms with Crippen LogP contribution in [-0.2, 0) is 23.7 Å². The van der Waals surface area contributed by atoms with Crippen LogP contribution in [0.5, 0.6) is 0 Å². The molecule has 1 spiro atoms. The van der Waals surface area contributed by atoms with Crippen LogP contribution in [0.1, 0.15) is 59.8 Å². The first-order valence-electron chi connectivity index (χ1n) is 9.53. The Kier molecular flexibility index (Phi) is 5.29. The first-order chi connectivity index (χ1) is 11.9. The van der Waals surface area contributed by atoms with Crippen LogP contribution in [0.3, 0.4) is 0 Å². The van der Waals surface area contributed by atoms with E-state index in [1.807, 2.05) is 6.92 Å². The average Bonchev–Trinajstić information content (AvgIpc) is 3.45. The van der Waals surface area contributed by atoms with E-state index in [2.05, 4.69) is 26.8 Å². The highest BCUT2D eigenvalue weighted by molar-refractivity contribution is 5.69. The third kappa shape index (κ3) is 3.64. The fourth-order valence-electron chi connectivity index (χ4n) is 4.50. The lowest BCUT2D eigenvalue weighted by molar-refractivity contribution is -0.171. The maximum atomic E-state index is 12.0. The van der Waals surface area contributed by atoms with Crippen molar-refractivity contribution in [3.8, 4) is 0 Å². The Balaban J connectivity index is 1.75. The molecule has 0 aromatic heterocycles. The van der Waals surface area contributed by atoms with Crippen LogP contribution >= 0.6 is 0 Å². The number of carbonyl (C=O) groups is 1. The van der Waals surface area contributed by atoms with Crippen LogP contribution in [-0.4, -0.2) is 49.2 Å². The minimum atomic E-state index is -0.279. The number of esters is 1. The lowest BCUT2D eigenvalue weighted by Crippen LogP contribution is -2.55. The van der Waals surface area contributed by atoms with Gasteiger partial charge >= 0.3 is 5.97 Å². The molecule has 0 unspecified atom stereocenters. The molecule has 0 aromatic rings. The van der Waals surface area contributed by atoms with Gasteiger partial charge in [-0.05, 0) is 46.5 Å². The summed E-state index contributed by atoms with van der Waals surface area (Å²) in [4.78, 5) is 12.0. The van der Waals surface area contributed by atoms with E-state index in [0.717, 1.165) is 32.3 Å². The molecular weight excluding hydrogens is 320 g/mol. The molecule has 3 aliphatic rings. The van der Waals surface area contributed by atoms with E-state index in [4.69, 9.17) is 18.9 Å². The van der Waals surface area contributed by atoms with Gasteiger partial charge in [0, 0.05) is 13.5 Å². The molecule has 0 aromatic carbocycles. The maximum Gasteiger partial charge on any atom is 0.306 e. The third-order valence-corrected chi connectivity index (χ3v) is 5.97. The third-order valence-electron chi connectivity index (χ3n) is 5.97. The number of epoxide rings is 2. The summed E-state index contributed by atoms with van der Waals surface area (Å²) in [6.07, 6.45) is 5.85. The summed E-state index contributed by atoms with van der Waals surface area (Å²) in [6, 6.07) is 0. The quantitative estimate of drug-likeness (QED) is 0.399. The molecule has 3 fully saturated rings. The summed E-state index contributed by atoms with van der Waals surface area (Å²) in [7, 11) is 1.70. The molecule has 0 N–H and O–H groups in total. The summed E-state index contributed by atoms with van der Waals surface area (Å²) in [5.41, 5.74) is 0.857. The minimum Gasteiger partial charge on any atom is -0.460 e. The predicted molar refractivity (Wildman–Crippen MR) is 94.3 cm³/mol. The second-order valence-corrected chi connectivity index (χ2v) is 8.16. The van der Waals surface area contributed by atoms with Gasteiger partial charge in [-0.25, -0.2) is 0 Å². The average molecular weight is 352 g/mol. The van der Waals surface area contributed by atoms with E-state index >= 15 is 0 Å². The highest BCUT2D eigenvalue weighted by atomic mass is 16.6. The van der Waals surface area contributed by atoms with Crippen LogP contribution in [0.25, 0.3) is 0 Å². The van der Waals surface area contributed by atoms with Crippen LogP contribution < -0.4 is 0 Å². The van der Waals surface area contributed by atoms with Gasteiger partial charge in [0.1, 0.15) is 23.4 Å². The Labute approximate surface area is 151 Å². The van der Waals surface area contributed by atoms with Gasteiger partial charge in [-0.3, -0.25) is 4.79 Å². The molecule has 6 atom stereocenters. The van der Waals surface area contributed by atoms with E-state index in [1.165, 1.54) is 5.57 Å². The van der Waals surface area contributed by atoms with E-state index in [-0.39, 0.29) is 41.4 Å². The van der Waals surface area contributed by atoms with Crippen molar-refractivity contribution in [2.75, 3.05) is 13.7 Å². The highest BCUT2D eigenvalue weighted by Crippen LogP contribution is 2.59. The van der Waals surface area contributed by atoms with E-state index in [1.54, 1.807) is 7.11 Å². The molecule has 0 radical (unpaired) electrons. The van der Waals surface area contributed by atoms with Gasteiger partial charge in [-0.2, -0.15) is 0 Å². The Hall–Kier alpha value is -0.910. The molecule has 3 rings (SSSR count). The lowest BCUT2D eigenvalue weighted by Gasteiger charge is -2.42. The molecule has 0 bridgehead atoms. The van der Waals surface area contributed by atoms with Crippen LogP contribution in [0, 0.1) is 5.92 Å². The number of methoxy groups -OCH3 is 1. The Morgan fingerprint density at radius 3 is 2.64 bits per heavy atom. The topological polar surface area (TPSA) is 60.6 Å². The summed E-state index contributed by atoms with van der Waals surface area (Å²) in [5.74, 6) is -0.0438. The maximum absolute atomic E-state index is 12.0. The van der Waals surface area contributed by atoms with Gasteiger partial charge < -0.3 is 18.9 Å². The fraction of sp³-hybridized carbons (Fsp3) is 0.850. The van der Waals surface area contributed by atoms with Crippen molar-refractivity contribution in [1.82, 2.24) is 0 Å². The number of hydrogen-bond acceptors (Lipinski definition) is 5. The van der Waals surface area contributed by atoms with Crippen LogP contribution in [0.4, 0.5) is 0 Å². The molecule has 1 aliphatic carbocycles. The van der Waals surface area contributed by atoms with Crippen molar-refractivity contribution in [1.29, 1.82) is 0 Å². The van der Waals surface area contributed by atoms with Crippen molar-refractivity contribution >= 4 is 5.97 Å². The van der Waals surface area contributed by atoms with E-state index < -0.39 is 0 Å². The van der Waals surface area contributed by atoms with Gasteiger partial charge in [-0.15, -0.1) is 0 Å². The predicted octanol–water partition coefficient (Wildman–Crippen LogP) is 3.41. The number of ether oxygens (including phenoxy) is 4. The zero-order valence-corrected chi connectivity index (χ0v) is 16.2. The molecule has 0 amide bonds. The Morgan fingerprint density at radius 2 is 2.08 bits per heavy atom. The number of hydrogen-bond donors (Lipinski definition) is 0. The summed E-state index contributed by atoms with van der Waals surface area (Å²) >= 11 is 0. The van der Waals surface area contributed by atoms with Gasteiger partial charge in [-0.1, -0.05) is 18.6 Å². The summed E-state index contributed by atoms with van der Waals surface area (Å²) < 4.78 is 23.7. The molecule has 5 heteroatoms. The zero-order chi connectivity index (χ0) is 18.2. The zero-order valence-electron chi connectivity index (χ0n) is 16.2. The lowest BCUT2D eigenvalue weighted by atomic mass is 9.68. The molecule has 2 saturated heterocycles. The highest BCUT2D eigenvalue weighted by Gasteiger charge is 2.72. The molecule has 2 aliphatic heterocycles. The monoisotopic (exact) mass is 352 g/mol. The smallest absolute Gasteiger partial charge is 0.306 e. The van der Waals surface area contributed by atoms with Crippen LogP contribution in [0.15, 0.2) is 11.6 Å². The molecule has 5 nitrogen and oxygen atoms in total. The Morgan fingerprint density at radius 1 is 1.36 bits per heavy atom. The number of carbonyl (C=O) groups excluding carboxylic acids is 1. The summed E-state index contributed by atoms with van der Waals surface area (Å²) in [6.45, 7) is 9.10.